The minimum atomic E-state index is -0.206. The number of hydrogen-bond acceptors (Lipinski definition) is 6. The Morgan fingerprint density at radius 1 is 0.868 bits per heavy atom. The minimum absolute atomic E-state index is 0.0829. The van der Waals surface area contributed by atoms with Crippen LogP contribution in [0.5, 0.6) is 5.75 Å². The smallest absolute Gasteiger partial charge is 0.258 e. The maximum Gasteiger partial charge on any atom is 0.258 e. The van der Waals surface area contributed by atoms with Crippen molar-refractivity contribution < 1.29 is 9.53 Å². The monoisotopic (exact) mass is 527 g/mol. The first kappa shape index (κ1) is 25.7. The van der Waals surface area contributed by atoms with Crippen molar-refractivity contribution in [3.8, 4) is 17.1 Å². The Balaban J connectivity index is 1.25. The predicted molar refractivity (Wildman–Crippen MR) is 150 cm³/mol. The summed E-state index contributed by atoms with van der Waals surface area (Å²) in [6.45, 7) is 4.74. The number of piperazine rings is 1. The lowest BCUT2D eigenvalue weighted by Crippen LogP contribution is -2.46. The number of carbonyl (C=O) groups excluding carboxylic acids is 1. The maximum atomic E-state index is 12.5. The van der Waals surface area contributed by atoms with Crippen molar-refractivity contribution in [3.05, 3.63) is 107 Å². The van der Waals surface area contributed by atoms with E-state index in [9.17, 15) is 4.79 Å². The maximum absolute atomic E-state index is 12.5. The second kappa shape index (κ2) is 12.5. The van der Waals surface area contributed by atoms with E-state index >= 15 is 0 Å². The van der Waals surface area contributed by atoms with Gasteiger partial charge in [0.2, 0.25) is 0 Å². The van der Waals surface area contributed by atoms with Gasteiger partial charge in [-0.1, -0.05) is 48.0 Å². The molecular weight excluding hydrogens is 498 g/mol. The number of aromatic nitrogens is 2. The number of nitrogens with one attached hydrogen (secondary N) is 1. The van der Waals surface area contributed by atoms with Crippen LogP contribution in [0.15, 0.2) is 91.3 Å². The summed E-state index contributed by atoms with van der Waals surface area (Å²) in [5.74, 6) is 1.14. The van der Waals surface area contributed by atoms with Crippen LogP contribution in [0.3, 0.4) is 0 Å². The SMILES string of the molecule is O=C(COc1ccc(-c2ncccn2)cc1CN1CCN(c2ccccc2)CC1)NCc1ccccc1Cl. The molecule has 8 heteroatoms. The zero-order chi connectivity index (χ0) is 26.2. The Labute approximate surface area is 228 Å². The van der Waals surface area contributed by atoms with E-state index in [2.05, 4.69) is 55.4 Å². The lowest BCUT2D eigenvalue weighted by molar-refractivity contribution is -0.123. The van der Waals surface area contributed by atoms with Gasteiger partial charge in [0, 0.05) is 73.5 Å². The van der Waals surface area contributed by atoms with E-state index in [0.717, 1.165) is 42.9 Å². The minimum Gasteiger partial charge on any atom is -0.483 e. The molecule has 0 saturated carbocycles. The molecule has 1 aromatic heterocycles. The van der Waals surface area contributed by atoms with E-state index in [0.29, 0.717) is 29.7 Å². The Morgan fingerprint density at radius 3 is 2.37 bits per heavy atom. The summed E-state index contributed by atoms with van der Waals surface area (Å²) in [6, 6.07) is 25.7. The van der Waals surface area contributed by atoms with E-state index in [1.807, 2.05) is 42.5 Å². The fourth-order valence-electron chi connectivity index (χ4n) is 4.50. The van der Waals surface area contributed by atoms with Crippen LogP contribution in [0, 0.1) is 0 Å². The summed E-state index contributed by atoms with van der Waals surface area (Å²) in [7, 11) is 0. The first-order valence-electron chi connectivity index (χ1n) is 12.7. The van der Waals surface area contributed by atoms with Crippen LogP contribution in [-0.2, 0) is 17.9 Å². The highest BCUT2D eigenvalue weighted by Gasteiger charge is 2.19. The van der Waals surface area contributed by atoms with Gasteiger partial charge in [0.25, 0.3) is 5.91 Å². The van der Waals surface area contributed by atoms with Crippen molar-refractivity contribution in [3.63, 3.8) is 0 Å². The first-order valence-corrected chi connectivity index (χ1v) is 13.1. The van der Waals surface area contributed by atoms with E-state index in [-0.39, 0.29) is 12.5 Å². The van der Waals surface area contributed by atoms with Crippen LogP contribution in [0.1, 0.15) is 11.1 Å². The fraction of sp³-hybridized carbons (Fsp3) is 0.233. The molecule has 7 nitrogen and oxygen atoms in total. The first-order chi connectivity index (χ1) is 18.7. The molecule has 0 spiro atoms. The predicted octanol–water partition coefficient (Wildman–Crippen LogP) is 4.81. The summed E-state index contributed by atoms with van der Waals surface area (Å²) in [5.41, 5.74) is 4.04. The van der Waals surface area contributed by atoms with Gasteiger partial charge in [-0.25, -0.2) is 9.97 Å². The number of nitrogens with zero attached hydrogens (tertiary/aromatic N) is 4. The highest BCUT2D eigenvalue weighted by molar-refractivity contribution is 6.31. The van der Waals surface area contributed by atoms with Crippen LogP contribution in [-0.4, -0.2) is 53.6 Å². The normalized spacial score (nSPS) is 13.8. The molecule has 0 bridgehead atoms. The van der Waals surface area contributed by atoms with Gasteiger partial charge in [-0.2, -0.15) is 0 Å². The number of rotatable bonds is 9. The molecule has 4 aromatic rings. The lowest BCUT2D eigenvalue weighted by Gasteiger charge is -2.36. The van der Waals surface area contributed by atoms with Crippen LogP contribution < -0.4 is 15.0 Å². The van der Waals surface area contributed by atoms with Crippen molar-refractivity contribution in [2.24, 2.45) is 0 Å². The molecule has 1 saturated heterocycles. The summed E-state index contributed by atoms with van der Waals surface area (Å²) in [6.07, 6.45) is 3.47. The highest BCUT2D eigenvalue weighted by atomic mass is 35.5. The third kappa shape index (κ3) is 6.68. The Hall–Kier alpha value is -3.94. The zero-order valence-corrected chi connectivity index (χ0v) is 21.8. The van der Waals surface area contributed by atoms with E-state index in [4.69, 9.17) is 16.3 Å². The molecule has 1 fully saturated rings. The molecule has 38 heavy (non-hydrogen) atoms. The number of hydrogen-bond donors (Lipinski definition) is 1. The van der Waals surface area contributed by atoms with Gasteiger partial charge in [0.15, 0.2) is 12.4 Å². The van der Waals surface area contributed by atoms with Gasteiger partial charge in [0.1, 0.15) is 5.75 Å². The molecule has 0 aliphatic carbocycles. The molecule has 1 aliphatic rings. The van der Waals surface area contributed by atoms with Gasteiger partial charge in [-0.3, -0.25) is 9.69 Å². The van der Waals surface area contributed by atoms with E-state index < -0.39 is 0 Å². The Morgan fingerprint density at radius 2 is 1.61 bits per heavy atom. The second-order valence-electron chi connectivity index (χ2n) is 9.15. The molecule has 0 unspecified atom stereocenters. The number of ether oxygens (including phenoxy) is 1. The summed E-state index contributed by atoms with van der Waals surface area (Å²) in [4.78, 5) is 26.2. The van der Waals surface area contributed by atoms with Crippen LogP contribution in [0.4, 0.5) is 5.69 Å². The lowest BCUT2D eigenvalue weighted by atomic mass is 10.1. The topological polar surface area (TPSA) is 70.6 Å². The van der Waals surface area contributed by atoms with Gasteiger partial charge in [0.05, 0.1) is 0 Å². The Bertz CT molecular complexity index is 1350. The number of halogens is 1. The van der Waals surface area contributed by atoms with Crippen LogP contribution in [0.25, 0.3) is 11.4 Å². The van der Waals surface area contributed by atoms with Crippen molar-refractivity contribution >= 4 is 23.2 Å². The van der Waals surface area contributed by atoms with Crippen molar-refractivity contribution in [2.75, 3.05) is 37.7 Å². The van der Waals surface area contributed by atoms with Gasteiger partial charge in [-0.15, -0.1) is 0 Å². The molecule has 0 radical (unpaired) electrons. The number of amides is 1. The zero-order valence-electron chi connectivity index (χ0n) is 21.1. The molecule has 1 aliphatic heterocycles. The van der Waals surface area contributed by atoms with Crippen molar-refractivity contribution in [1.29, 1.82) is 0 Å². The second-order valence-corrected chi connectivity index (χ2v) is 9.56. The quantitative estimate of drug-likeness (QED) is 0.337. The highest BCUT2D eigenvalue weighted by Crippen LogP contribution is 2.27. The third-order valence-electron chi connectivity index (χ3n) is 6.56. The summed E-state index contributed by atoms with van der Waals surface area (Å²) >= 11 is 6.20. The molecule has 5 rings (SSSR count). The average Bonchev–Trinajstić information content (AvgIpc) is 2.97. The van der Waals surface area contributed by atoms with E-state index in [1.54, 1.807) is 18.5 Å². The van der Waals surface area contributed by atoms with Crippen molar-refractivity contribution in [1.82, 2.24) is 20.2 Å². The summed E-state index contributed by atoms with van der Waals surface area (Å²) < 4.78 is 6.02. The number of benzene rings is 3. The number of carbonyl (C=O) groups is 1. The molecule has 2 heterocycles. The fourth-order valence-corrected chi connectivity index (χ4v) is 4.71. The van der Waals surface area contributed by atoms with Gasteiger partial charge in [-0.05, 0) is 48.0 Å². The molecule has 3 aromatic carbocycles. The number of para-hydroxylation sites is 1. The molecule has 1 amide bonds. The molecular formula is C30H30ClN5O2. The molecule has 0 atom stereocenters. The Kier molecular flexibility index (Phi) is 8.48. The standard InChI is InChI=1S/C30H30ClN5O2/c31-27-10-5-4-7-24(27)20-34-29(37)22-38-28-12-11-23(30-32-13-6-14-33-30)19-25(28)21-35-15-17-36(18-16-35)26-8-2-1-3-9-26/h1-14,19H,15-18,20-22H2,(H,34,37). The van der Waals surface area contributed by atoms with Gasteiger partial charge >= 0.3 is 0 Å². The largest absolute Gasteiger partial charge is 0.483 e. The van der Waals surface area contributed by atoms with Crippen molar-refractivity contribution in [2.45, 2.75) is 13.1 Å². The van der Waals surface area contributed by atoms with Gasteiger partial charge < -0.3 is 15.0 Å². The molecule has 194 valence electrons. The van der Waals surface area contributed by atoms with Crippen LogP contribution >= 0.6 is 11.6 Å². The number of anilines is 1. The summed E-state index contributed by atoms with van der Waals surface area (Å²) in [5, 5.41) is 3.51. The van der Waals surface area contributed by atoms with E-state index in [1.165, 1.54) is 5.69 Å². The third-order valence-corrected chi connectivity index (χ3v) is 6.93. The average molecular weight is 528 g/mol. The van der Waals surface area contributed by atoms with Crippen LogP contribution in [0.2, 0.25) is 5.02 Å². The molecule has 1 N–H and O–H groups in total.